The van der Waals surface area contributed by atoms with E-state index < -0.39 is 0 Å². The lowest BCUT2D eigenvalue weighted by Crippen LogP contribution is -2.13. The molecule has 0 bridgehead atoms. The summed E-state index contributed by atoms with van der Waals surface area (Å²) in [7, 11) is 0. The second-order valence-electron chi connectivity index (χ2n) is 7.36. The van der Waals surface area contributed by atoms with Crippen molar-refractivity contribution in [1.82, 2.24) is 0 Å². The van der Waals surface area contributed by atoms with Crippen molar-refractivity contribution in [2.45, 2.75) is 111 Å². The van der Waals surface area contributed by atoms with E-state index in [1.54, 1.807) is 0 Å². The van der Waals surface area contributed by atoms with Crippen molar-refractivity contribution in [2.75, 3.05) is 6.54 Å². The molecule has 0 aromatic heterocycles. The third-order valence-electron chi connectivity index (χ3n) is 4.76. The minimum atomic E-state index is 0.706. The Morgan fingerprint density at radius 3 is 1.48 bits per heavy atom. The molecule has 0 saturated carbocycles. The first kappa shape index (κ1) is 21.0. The molecule has 0 spiro atoms. The summed E-state index contributed by atoms with van der Waals surface area (Å²) in [5.74, 6) is 1.57. The molecule has 1 nitrogen and oxygen atoms in total. The van der Waals surface area contributed by atoms with Crippen LogP contribution in [-0.4, -0.2) is 6.54 Å². The van der Waals surface area contributed by atoms with Gasteiger partial charge in [-0.25, -0.2) is 0 Å². The Labute approximate surface area is 135 Å². The van der Waals surface area contributed by atoms with Crippen molar-refractivity contribution in [3.63, 3.8) is 0 Å². The molecule has 0 amide bonds. The Hall–Kier alpha value is -0.0400. The molecule has 2 atom stereocenters. The first-order chi connectivity index (χ1) is 10.2. The molecule has 1 heteroatoms. The van der Waals surface area contributed by atoms with E-state index >= 15 is 0 Å². The van der Waals surface area contributed by atoms with E-state index in [2.05, 4.69) is 20.8 Å². The van der Waals surface area contributed by atoms with E-state index in [0.717, 1.165) is 12.5 Å². The maximum atomic E-state index is 5.69. The molecular formula is C20H43N. The summed E-state index contributed by atoms with van der Waals surface area (Å²) >= 11 is 0. The molecule has 0 rings (SSSR count). The van der Waals surface area contributed by atoms with Crippen molar-refractivity contribution in [3.05, 3.63) is 0 Å². The van der Waals surface area contributed by atoms with Gasteiger partial charge in [-0.15, -0.1) is 0 Å². The SMILES string of the molecule is CCCCCCCCCCCCCCC(C)CC(C)CN. The van der Waals surface area contributed by atoms with Gasteiger partial charge in [-0.3, -0.25) is 0 Å². The summed E-state index contributed by atoms with van der Waals surface area (Å²) in [5, 5.41) is 0. The molecule has 2 N–H and O–H groups in total. The van der Waals surface area contributed by atoms with Gasteiger partial charge in [-0.1, -0.05) is 104 Å². The van der Waals surface area contributed by atoms with Gasteiger partial charge in [0.25, 0.3) is 0 Å². The molecule has 128 valence electrons. The minimum Gasteiger partial charge on any atom is -0.330 e. The lowest BCUT2D eigenvalue weighted by atomic mass is 9.92. The number of rotatable bonds is 16. The number of hydrogen-bond donors (Lipinski definition) is 1. The van der Waals surface area contributed by atoms with Crippen LogP contribution in [0.5, 0.6) is 0 Å². The van der Waals surface area contributed by atoms with E-state index in [9.17, 15) is 0 Å². The molecule has 0 aliphatic carbocycles. The topological polar surface area (TPSA) is 26.0 Å². The van der Waals surface area contributed by atoms with Crippen molar-refractivity contribution in [3.8, 4) is 0 Å². The van der Waals surface area contributed by atoms with Crippen molar-refractivity contribution in [1.29, 1.82) is 0 Å². The van der Waals surface area contributed by atoms with Gasteiger partial charge >= 0.3 is 0 Å². The molecule has 2 unspecified atom stereocenters. The summed E-state index contributed by atoms with van der Waals surface area (Å²) in [4.78, 5) is 0. The molecule has 0 aromatic carbocycles. The Morgan fingerprint density at radius 1 is 0.619 bits per heavy atom. The Morgan fingerprint density at radius 2 is 1.05 bits per heavy atom. The number of hydrogen-bond acceptors (Lipinski definition) is 1. The van der Waals surface area contributed by atoms with Crippen LogP contribution < -0.4 is 5.73 Å². The van der Waals surface area contributed by atoms with Gasteiger partial charge in [0.15, 0.2) is 0 Å². The largest absolute Gasteiger partial charge is 0.330 e. The van der Waals surface area contributed by atoms with Gasteiger partial charge in [-0.2, -0.15) is 0 Å². The van der Waals surface area contributed by atoms with Crippen LogP contribution in [0.3, 0.4) is 0 Å². The Balaban J connectivity index is 3.12. The molecule has 0 aromatic rings. The Kier molecular flexibility index (Phi) is 16.3. The molecule has 0 aliphatic rings. The van der Waals surface area contributed by atoms with Crippen LogP contribution in [0.25, 0.3) is 0 Å². The van der Waals surface area contributed by atoms with Crippen molar-refractivity contribution in [2.24, 2.45) is 17.6 Å². The van der Waals surface area contributed by atoms with Crippen LogP contribution in [0, 0.1) is 11.8 Å². The summed E-state index contributed by atoms with van der Waals surface area (Å²) in [6.07, 6.45) is 20.1. The van der Waals surface area contributed by atoms with Gasteiger partial charge in [0.1, 0.15) is 0 Å². The fourth-order valence-corrected chi connectivity index (χ4v) is 3.23. The second-order valence-corrected chi connectivity index (χ2v) is 7.36. The number of unbranched alkanes of at least 4 members (excludes halogenated alkanes) is 11. The lowest BCUT2D eigenvalue weighted by molar-refractivity contribution is 0.385. The van der Waals surface area contributed by atoms with Gasteiger partial charge in [-0.05, 0) is 24.8 Å². The fourth-order valence-electron chi connectivity index (χ4n) is 3.23. The minimum absolute atomic E-state index is 0.706. The first-order valence-corrected chi connectivity index (χ1v) is 9.90. The zero-order valence-corrected chi connectivity index (χ0v) is 15.3. The molecule has 0 fully saturated rings. The third kappa shape index (κ3) is 16.2. The second kappa shape index (κ2) is 16.3. The Bertz CT molecular complexity index is 190. The van der Waals surface area contributed by atoms with Crippen LogP contribution in [0.15, 0.2) is 0 Å². The van der Waals surface area contributed by atoms with E-state index in [4.69, 9.17) is 5.73 Å². The molecule has 21 heavy (non-hydrogen) atoms. The maximum Gasteiger partial charge on any atom is -0.00514 e. The van der Waals surface area contributed by atoms with Gasteiger partial charge in [0.05, 0.1) is 0 Å². The monoisotopic (exact) mass is 297 g/mol. The fraction of sp³-hybridized carbons (Fsp3) is 1.00. The highest BCUT2D eigenvalue weighted by Gasteiger charge is 2.06. The van der Waals surface area contributed by atoms with E-state index in [0.29, 0.717) is 5.92 Å². The number of nitrogens with two attached hydrogens (primary N) is 1. The van der Waals surface area contributed by atoms with Crippen LogP contribution >= 0.6 is 0 Å². The molecule has 0 aliphatic heterocycles. The standard InChI is InChI=1S/C20H43N/c1-4-5-6-7-8-9-10-11-12-13-14-15-16-19(2)17-20(3)18-21/h19-20H,4-18,21H2,1-3H3. The smallest absolute Gasteiger partial charge is 0.00514 e. The molecule has 0 heterocycles. The van der Waals surface area contributed by atoms with E-state index in [-0.39, 0.29) is 0 Å². The third-order valence-corrected chi connectivity index (χ3v) is 4.76. The molecule has 0 radical (unpaired) electrons. The predicted octanol–water partition coefficient (Wildman–Crippen LogP) is 6.70. The summed E-state index contributed by atoms with van der Waals surface area (Å²) < 4.78 is 0. The van der Waals surface area contributed by atoms with Gasteiger partial charge < -0.3 is 5.73 Å². The first-order valence-electron chi connectivity index (χ1n) is 9.90. The van der Waals surface area contributed by atoms with Crippen LogP contribution in [-0.2, 0) is 0 Å². The average Bonchev–Trinajstić information content (AvgIpc) is 2.48. The average molecular weight is 298 g/mol. The van der Waals surface area contributed by atoms with Crippen LogP contribution in [0.1, 0.15) is 111 Å². The van der Waals surface area contributed by atoms with Gasteiger partial charge in [0, 0.05) is 0 Å². The van der Waals surface area contributed by atoms with E-state index in [1.165, 1.54) is 89.9 Å². The summed E-state index contributed by atoms with van der Waals surface area (Å²) in [6, 6.07) is 0. The zero-order chi connectivity index (χ0) is 15.8. The summed E-state index contributed by atoms with van der Waals surface area (Å²) in [6.45, 7) is 7.81. The van der Waals surface area contributed by atoms with Gasteiger partial charge in [0.2, 0.25) is 0 Å². The summed E-state index contributed by atoms with van der Waals surface area (Å²) in [5.41, 5.74) is 5.69. The highest BCUT2D eigenvalue weighted by Crippen LogP contribution is 2.18. The highest BCUT2D eigenvalue weighted by molar-refractivity contribution is 4.60. The van der Waals surface area contributed by atoms with Crippen molar-refractivity contribution >= 4 is 0 Å². The molecule has 0 saturated heterocycles. The van der Waals surface area contributed by atoms with E-state index in [1.807, 2.05) is 0 Å². The predicted molar refractivity (Wildman–Crippen MR) is 97.7 cm³/mol. The normalized spacial score (nSPS) is 14.3. The lowest BCUT2D eigenvalue weighted by Gasteiger charge is -2.15. The zero-order valence-electron chi connectivity index (χ0n) is 15.3. The molecular weight excluding hydrogens is 254 g/mol. The van der Waals surface area contributed by atoms with Crippen molar-refractivity contribution < 1.29 is 0 Å². The highest BCUT2D eigenvalue weighted by atomic mass is 14.5. The quantitative estimate of drug-likeness (QED) is 0.315. The maximum absolute atomic E-state index is 5.69. The van der Waals surface area contributed by atoms with Crippen LogP contribution in [0.2, 0.25) is 0 Å². The van der Waals surface area contributed by atoms with Crippen LogP contribution in [0.4, 0.5) is 0 Å².